The molecule has 0 aromatic carbocycles. The van der Waals surface area contributed by atoms with Crippen LogP contribution in [0.3, 0.4) is 0 Å². The minimum atomic E-state index is -0.235. The molecular weight excluding hydrogens is 296 g/mol. The lowest BCUT2D eigenvalue weighted by Gasteiger charge is -2.17. The quantitative estimate of drug-likeness (QED) is 0.816. The normalized spacial score (nSPS) is 22.4. The molecule has 3 heterocycles. The predicted octanol–water partition coefficient (Wildman–Crippen LogP) is 0.559. The average Bonchev–Trinajstić information content (AvgIpc) is 3.13. The van der Waals surface area contributed by atoms with Crippen LogP contribution in [0, 0.1) is 5.92 Å². The van der Waals surface area contributed by atoms with Gasteiger partial charge in [0.05, 0.1) is 18.0 Å². The van der Waals surface area contributed by atoms with Gasteiger partial charge in [0.15, 0.2) is 11.8 Å². The molecule has 0 spiro atoms. The Balaban J connectivity index is 1.71. The highest BCUT2D eigenvalue weighted by atomic mass is 16.6. The zero-order chi connectivity index (χ0) is 16.6. The second-order valence-corrected chi connectivity index (χ2v) is 6.03. The topological polar surface area (TPSA) is 75.1 Å². The molecule has 122 valence electrons. The lowest BCUT2D eigenvalue weighted by molar-refractivity contribution is -0.122. The molecule has 1 fully saturated rings. The van der Waals surface area contributed by atoms with Crippen LogP contribution in [0.4, 0.5) is 0 Å². The molecule has 1 aromatic heterocycles. The van der Waals surface area contributed by atoms with Crippen molar-refractivity contribution in [2.24, 2.45) is 11.1 Å². The van der Waals surface area contributed by atoms with E-state index in [0.29, 0.717) is 24.4 Å². The Morgan fingerprint density at radius 2 is 2.13 bits per heavy atom. The van der Waals surface area contributed by atoms with Crippen molar-refractivity contribution in [2.75, 3.05) is 27.2 Å². The van der Waals surface area contributed by atoms with E-state index < -0.39 is 0 Å². The molecule has 2 aliphatic heterocycles. The standard InChI is InChI=1S/C16H20N4O3/c1-4-11-6-5-10(7-17-11)15(21)20-8-12-13(9-20)23-18-14(12)16(22)19(2)3/h5-7,12-13H,4,8-9H2,1-3H3/t12-,13+/m0/s1. The largest absolute Gasteiger partial charge is 0.389 e. The van der Waals surface area contributed by atoms with Gasteiger partial charge in [0.25, 0.3) is 11.8 Å². The highest BCUT2D eigenvalue weighted by Gasteiger charge is 2.46. The first-order chi connectivity index (χ1) is 11.0. The molecule has 7 heteroatoms. The van der Waals surface area contributed by atoms with Crippen LogP contribution in [0.15, 0.2) is 23.5 Å². The summed E-state index contributed by atoms with van der Waals surface area (Å²) in [5.41, 5.74) is 1.91. The number of pyridine rings is 1. The number of likely N-dealkylation sites (tertiary alicyclic amines) is 1. The zero-order valence-electron chi connectivity index (χ0n) is 13.5. The first kappa shape index (κ1) is 15.5. The van der Waals surface area contributed by atoms with Crippen molar-refractivity contribution in [3.63, 3.8) is 0 Å². The molecule has 0 saturated carbocycles. The van der Waals surface area contributed by atoms with E-state index in [9.17, 15) is 9.59 Å². The molecule has 1 aromatic rings. The second kappa shape index (κ2) is 5.98. The van der Waals surface area contributed by atoms with Crippen LogP contribution < -0.4 is 0 Å². The average molecular weight is 316 g/mol. The summed E-state index contributed by atoms with van der Waals surface area (Å²) >= 11 is 0. The first-order valence-electron chi connectivity index (χ1n) is 7.70. The van der Waals surface area contributed by atoms with Crippen molar-refractivity contribution in [2.45, 2.75) is 19.4 Å². The van der Waals surface area contributed by atoms with Crippen LogP contribution >= 0.6 is 0 Å². The van der Waals surface area contributed by atoms with Gasteiger partial charge in [-0.3, -0.25) is 14.6 Å². The van der Waals surface area contributed by atoms with Crippen LogP contribution in [-0.2, 0) is 16.1 Å². The van der Waals surface area contributed by atoms with Gasteiger partial charge in [0, 0.05) is 32.5 Å². The monoisotopic (exact) mass is 316 g/mol. The molecule has 7 nitrogen and oxygen atoms in total. The maximum Gasteiger partial charge on any atom is 0.271 e. The number of fused-ring (bicyclic) bond motifs is 1. The van der Waals surface area contributed by atoms with Crippen LogP contribution in [0.25, 0.3) is 0 Å². The van der Waals surface area contributed by atoms with E-state index in [1.54, 1.807) is 31.3 Å². The molecule has 2 atom stereocenters. The van der Waals surface area contributed by atoms with E-state index in [1.807, 2.05) is 13.0 Å². The molecule has 0 N–H and O–H groups in total. The molecule has 0 aliphatic carbocycles. The summed E-state index contributed by atoms with van der Waals surface area (Å²) in [6.45, 7) is 2.90. The number of carbonyl (C=O) groups is 2. The number of nitrogens with zero attached hydrogens (tertiary/aromatic N) is 4. The van der Waals surface area contributed by atoms with Gasteiger partial charge in [-0.2, -0.15) is 0 Å². The van der Waals surface area contributed by atoms with Gasteiger partial charge in [-0.15, -0.1) is 0 Å². The fraction of sp³-hybridized carbons (Fsp3) is 0.500. The molecular formula is C16H20N4O3. The Morgan fingerprint density at radius 3 is 2.74 bits per heavy atom. The van der Waals surface area contributed by atoms with E-state index in [2.05, 4.69) is 10.1 Å². The SMILES string of the molecule is CCc1ccc(C(=O)N2C[C@@H]3C(C(=O)N(C)C)=NO[C@@H]3C2)cn1. The zero-order valence-corrected chi connectivity index (χ0v) is 13.5. The third-order valence-corrected chi connectivity index (χ3v) is 4.25. The Hall–Kier alpha value is -2.44. The number of oxime groups is 1. The maximum atomic E-state index is 12.6. The van der Waals surface area contributed by atoms with Gasteiger partial charge < -0.3 is 14.6 Å². The van der Waals surface area contributed by atoms with Crippen LogP contribution in [0.5, 0.6) is 0 Å². The molecule has 0 unspecified atom stereocenters. The van der Waals surface area contributed by atoms with Crippen molar-refractivity contribution in [3.8, 4) is 0 Å². The van der Waals surface area contributed by atoms with Crippen molar-refractivity contribution >= 4 is 17.5 Å². The summed E-state index contributed by atoms with van der Waals surface area (Å²) in [6.07, 6.45) is 2.21. The Labute approximate surface area is 134 Å². The van der Waals surface area contributed by atoms with Crippen molar-refractivity contribution in [3.05, 3.63) is 29.6 Å². The fourth-order valence-corrected chi connectivity index (χ4v) is 2.87. The third kappa shape index (κ3) is 2.78. The first-order valence-corrected chi connectivity index (χ1v) is 7.70. The van der Waals surface area contributed by atoms with E-state index >= 15 is 0 Å². The number of rotatable bonds is 3. The van der Waals surface area contributed by atoms with Gasteiger partial charge in [-0.1, -0.05) is 12.1 Å². The van der Waals surface area contributed by atoms with Gasteiger partial charge in [0.2, 0.25) is 0 Å². The van der Waals surface area contributed by atoms with Crippen molar-refractivity contribution < 1.29 is 14.4 Å². The Kier molecular flexibility index (Phi) is 4.02. The summed E-state index contributed by atoms with van der Waals surface area (Å²) in [6, 6.07) is 3.66. The molecule has 0 bridgehead atoms. The van der Waals surface area contributed by atoms with Crippen molar-refractivity contribution in [1.82, 2.24) is 14.8 Å². The van der Waals surface area contributed by atoms with Gasteiger partial charge in [0.1, 0.15) is 0 Å². The summed E-state index contributed by atoms with van der Waals surface area (Å²) in [5, 5.41) is 3.91. The lowest BCUT2D eigenvalue weighted by Crippen LogP contribution is -2.36. The van der Waals surface area contributed by atoms with Gasteiger partial charge in [-0.25, -0.2) is 0 Å². The smallest absolute Gasteiger partial charge is 0.271 e. The number of amides is 2. The predicted molar refractivity (Wildman–Crippen MR) is 84.0 cm³/mol. The number of aromatic nitrogens is 1. The van der Waals surface area contributed by atoms with Gasteiger partial charge >= 0.3 is 0 Å². The summed E-state index contributed by atoms with van der Waals surface area (Å²) < 4.78 is 0. The third-order valence-electron chi connectivity index (χ3n) is 4.25. The number of hydrogen-bond acceptors (Lipinski definition) is 5. The Bertz CT molecular complexity index is 654. The molecule has 1 saturated heterocycles. The number of carbonyl (C=O) groups excluding carboxylic acids is 2. The minimum Gasteiger partial charge on any atom is -0.389 e. The summed E-state index contributed by atoms with van der Waals surface area (Å²) in [7, 11) is 3.36. The second-order valence-electron chi connectivity index (χ2n) is 6.03. The number of hydrogen-bond donors (Lipinski definition) is 0. The van der Waals surface area contributed by atoms with E-state index in [-0.39, 0.29) is 23.8 Å². The summed E-state index contributed by atoms with van der Waals surface area (Å²) in [5.74, 6) is -0.410. The maximum absolute atomic E-state index is 12.6. The van der Waals surface area contributed by atoms with Crippen LogP contribution in [-0.4, -0.2) is 65.6 Å². The Morgan fingerprint density at radius 1 is 1.35 bits per heavy atom. The lowest BCUT2D eigenvalue weighted by atomic mass is 10.00. The molecule has 23 heavy (non-hydrogen) atoms. The van der Waals surface area contributed by atoms with E-state index in [1.165, 1.54) is 4.90 Å². The van der Waals surface area contributed by atoms with Crippen LogP contribution in [0.2, 0.25) is 0 Å². The number of aryl methyl sites for hydroxylation is 1. The summed E-state index contributed by atoms with van der Waals surface area (Å²) in [4.78, 5) is 37.5. The molecule has 3 rings (SSSR count). The van der Waals surface area contributed by atoms with Gasteiger partial charge in [-0.05, 0) is 18.6 Å². The van der Waals surface area contributed by atoms with Crippen LogP contribution in [0.1, 0.15) is 23.0 Å². The van der Waals surface area contributed by atoms with Crippen molar-refractivity contribution in [1.29, 1.82) is 0 Å². The highest BCUT2D eigenvalue weighted by Crippen LogP contribution is 2.28. The van der Waals surface area contributed by atoms with E-state index in [4.69, 9.17) is 4.84 Å². The van der Waals surface area contributed by atoms with E-state index in [0.717, 1.165) is 12.1 Å². The highest BCUT2D eigenvalue weighted by molar-refractivity contribution is 6.40. The molecule has 2 aliphatic rings. The molecule has 2 amide bonds. The molecule has 0 radical (unpaired) electrons. The fourth-order valence-electron chi connectivity index (χ4n) is 2.87. The minimum absolute atomic E-state index is 0.0881.